The van der Waals surface area contributed by atoms with Crippen LogP contribution in [0, 0.1) is 0 Å². The zero-order chi connectivity index (χ0) is 11.2. The second-order valence-corrected chi connectivity index (χ2v) is 4.60. The predicted molar refractivity (Wildman–Crippen MR) is 61.9 cm³/mol. The molecule has 1 heterocycles. The van der Waals surface area contributed by atoms with Gasteiger partial charge in [-0.1, -0.05) is 30.3 Å². The molecule has 2 atom stereocenters. The van der Waals surface area contributed by atoms with Crippen LogP contribution in [0.5, 0.6) is 0 Å². The van der Waals surface area contributed by atoms with E-state index in [-0.39, 0.29) is 6.10 Å². The van der Waals surface area contributed by atoms with E-state index in [2.05, 4.69) is 12.1 Å². The molecule has 0 amide bonds. The highest BCUT2D eigenvalue weighted by Crippen LogP contribution is 2.42. The molecule has 0 saturated carbocycles. The van der Waals surface area contributed by atoms with Gasteiger partial charge in [-0.2, -0.15) is 0 Å². The molecule has 0 spiro atoms. The molecule has 0 bridgehead atoms. The first-order chi connectivity index (χ1) is 7.66. The summed E-state index contributed by atoms with van der Waals surface area (Å²) in [5.41, 5.74) is 2.59. The van der Waals surface area contributed by atoms with Crippen LogP contribution >= 0.6 is 0 Å². The molecule has 0 aromatic heterocycles. The summed E-state index contributed by atoms with van der Waals surface area (Å²) in [4.78, 5) is 0. The molecule has 2 nitrogen and oxygen atoms in total. The standard InChI is InChI=1S/C14H14O2/c1-14(15)7-11-9-16-13(12(11)8-14)10-5-3-2-4-6-10/h2-8,13,15H,9H2,1H3. The molecule has 16 heavy (non-hydrogen) atoms. The number of ether oxygens (including phenoxy) is 1. The van der Waals surface area contributed by atoms with Gasteiger partial charge in [-0.3, -0.25) is 0 Å². The first kappa shape index (κ1) is 9.82. The minimum Gasteiger partial charge on any atom is -0.382 e. The van der Waals surface area contributed by atoms with Gasteiger partial charge in [-0.15, -0.1) is 0 Å². The number of hydrogen-bond donors (Lipinski definition) is 1. The van der Waals surface area contributed by atoms with Crippen LogP contribution in [-0.4, -0.2) is 17.3 Å². The first-order valence-electron chi connectivity index (χ1n) is 5.49. The molecular weight excluding hydrogens is 200 g/mol. The monoisotopic (exact) mass is 214 g/mol. The number of fused-ring (bicyclic) bond motifs is 1. The highest BCUT2D eigenvalue weighted by molar-refractivity contribution is 5.51. The average Bonchev–Trinajstić information content (AvgIpc) is 2.74. The van der Waals surface area contributed by atoms with Crippen LogP contribution in [0.25, 0.3) is 0 Å². The smallest absolute Gasteiger partial charge is 0.108 e. The summed E-state index contributed by atoms with van der Waals surface area (Å²) in [7, 11) is 0. The molecule has 1 aromatic rings. The maximum absolute atomic E-state index is 9.96. The number of aliphatic hydroxyl groups is 1. The summed E-state index contributed by atoms with van der Waals surface area (Å²) >= 11 is 0. The lowest BCUT2D eigenvalue weighted by Gasteiger charge is -2.13. The van der Waals surface area contributed by atoms with Gasteiger partial charge >= 0.3 is 0 Å². The van der Waals surface area contributed by atoms with E-state index in [0.717, 1.165) is 16.7 Å². The van der Waals surface area contributed by atoms with Crippen molar-refractivity contribution in [1.82, 2.24) is 0 Å². The van der Waals surface area contributed by atoms with Gasteiger partial charge in [-0.05, 0) is 35.8 Å². The molecule has 2 heteroatoms. The Labute approximate surface area is 94.9 Å². The third kappa shape index (κ3) is 1.51. The molecule has 1 aromatic carbocycles. The van der Waals surface area contributed by atoms with Crippen LogP contribution in [0.3, 0.4) is 0 Å². The second-order valence-electron chi connectivity index (χ2n) is 4.60. The van der Waals surface area contributed by atoms with Gasteiger partial charge < -0.3 is 9.84 Å². The maximum atomic E-state index is 9.96. The number of rotatable bonds is 1. The summed E-state index contributed by atoms with van der Waals surface area (Å²) in [6, 6.07) is 10.1. The predicted octanol–water partition coefficient (Wildman–Crippen LogP) is 2.38. The van der Waals surface area contributed by atoms with Crippen molar-refractivity contribution in [3.8, 4) is 0 Å². The molecule has 1 aliphatic heterocycles. The fourth-order valence-corrected chi connectivity index (χ4v) is 2.42. The van der Waals surface area contributed by atoms with E-state index in [0.29, 0.717) is 6.61 Å². The SMILES string of the molecule is CC1(O)C=C2COC(c3ccccc3)C2=C1. The van der Waals surface area contributed by atoms with Crippen LogP contribution in [-0.2, 0) is 4.74 Å². The zero-order valence-corrected chi connectivity index (χ0v) is 9.18. The number of hydrogen-bond acceptors (Lipinski definition) is 2. The van der Waals surface area contributed by atoms with E-state index in [1.54, 1.807) is 6.92 Å². The second kappa shape index (κ2) is 3.30. The van der Waals surface area contributed by atoms with Crippen molar-refractivity contribution in [3.63, 3.8) is 0 Å². The molecule has 3 rings (SSSR count). The maximum Gasteiger partial charge on any atom is 0.108 e. The third-order valence-electron chi connectivity index (χ3n) is 3.08. The van der Waals surface area contributed by atoms with Gasteiger partial charge in [0.05, 0.1) is 12.2 Å². The Kier molecular flexibility index (Phi) is 2.03. The van der Waals surface area contributed by atoms with Crippen molar-refractivity contribution in [3.05, 3.63) is 59.2 Å². The summed E-state index contributed by atoms with van der Waals surface area (Å²) in [6.07, 6.45) is 3.76. The largest absolute Gasteiger partial charge is 0.382 e. The van der Waals surface area contributed by atoms with Crippen LogP contribution in [0.15, 0.2) is 53.6 Å². The number of benzene rings is 1. The fraction of sp³-hybridized carbons (Fsp3) is 0.286. The van der Waals surface area contributed by atoms with Crippen molar-refractivity contribution in [2.45, 2.75) is 18.6 Å². The molecule has 2 aliphatic rings. The topological polar surface area (TPSA) is 29.5 Å². The minimum absolute atomic E-state index is 0.0126. The van der Waals surface area contributed by atoms with E-state index < -0.39 is 5.60 Å². The van der Waals surface area contributed by atoms with E-state index in [4.69, 9.17) is 4.74 Å². The lowest BCUT2D eigenvalue weighted by atomic mass is 10.0. The Morgan fingerprint density at radius 2 is 2.00 bits per heavy atom. The van der Waals surface area contributed by atoms with Gasteiger partial charge in [0, 0.05) is 0 Å². The van der Waals surface area contributed by atoms with Gasteiger partial charge in [0.2, 0.25) is 0 Å². The van der Waals surface area contributed by atoms with Crippen LogP contribution in [0.1, 0.15) is 18.6 Å². The third-order valence-corrected chi connectivity index (χ3v) is 3.08. The lowest BCUT2D eigenvalue weighted by molar-refractivity contribution is 0.122. The molecule has 1 saturated heterocycles. The van der Waals surface area contributed by atoms with E-state index in [1.807, 2.05) is 30.4 Å². The van der Waals surface area contributed by atoms with Gasteiger partial charge in [-0.25, -0.2) is 0 Å². The first-order valence-corrected chi connectivity index (χ1v) is 5.49. The Bertz CT molecular complexity index is 469. The summed E-state index contributed by atoms with van der Waals surface area (Å²) in [5, 5.41) is 9.96. The van der Waals surface area contributed by atoms with Gasteiger partial charge in [0.15, 0.2) is 0 Å². The highest BCUT2D eigenvalue weighted by Gasteiger charge is 2.35. The molecule has 1 N–H and O–H groups in total. The van der Waals surface area contributed by atoms with Crippen LogP contribution in [0.2, 0.25) is 0 Å². The normalized spacial score (nSPS) is 32.2. The van der Waals surface area contributed by atoms with E-state index in [1.165, 1.54) is 0 Å². The Morgan fingerprint density at radius 1 is 1.25 bits per heavy atom. The Hall–Kier alpha value is -1.38. The average molecular weight is 214 g/mol. The Balaban J connectivity index is 1.99. The van der Waals surface area contributed by atoms with Gasteiger partial charge in [0.1, 0.15) is 6.10 Å². The van der Waals surface area contributed by atoms with Crippen molar-refractivity contribution >= 4 is 0 Å². The quantitative estimate of drug-likeness (QED) is 0.777. The summed E-state index contributed by atoms with van der Waals surface area (Å²) < 4.78 is 5.75. The molecule has 1 aliphatic carbocycles. The summed E-state index contributed by atoms with van der Waals surface area (Å²) in [5.74, 6) is 0. The Morgan fingerprint density at radius 3 is 2.75 bits per heavy atom. The molecule has 0 radical (unpaired) electrons. The van der Waals surface area contributed by atoms with Crippen molar-refractivity contribution in [2.75, 3.05) is 6.61 Å². The summed E-state index contributed by atoms with van der Waals surface area (Å²) in [6.45, 7) is 2.40. The molecular formula is C14H14O2. The fourth-order valence-electron chi connectivity index (χ4n) is 2.42. The van der Waals surface area contributed by atoms with Crippen LogP contribution in [0.4, 0.5) is 0 Å². The minimum atomic E-state index is -0.804. The van der Waals surface area contributed by atoms with Crippen molar-refractivity contribution in [2.24, 2.45) is 0 Å². The molecule has 2 unspecified atom stereocenters. The molecule has 1 fully saturated rings. The van der Waals surface area contributed by atoms with Crippen molar-refractivity contribution < 1.29 is 9.84 Å². The van der Waals surface area contributed by atoms with Gasteiger partial charge in [0.25, 0.3) is 0 Å². The lowest BCUT2D eigenvalue weighted by Crippen LogP contribution is -2.15. The van der Waals surface area contributed by atoms with E-state index in [9.17, 15) is 5.11 Å². The molecule has 82 valence electrons. The highest BCUT2D eigenvalue weighted by atomic mass is 16.5. The van der Waals surface area contributed by atoms with Crippen LogP contribution < -0.4 is 0 Å². The van der Waals surface area contributed by atoms with E-state index >= 15 is 0 Å². The zero-order valence-electron chi connectivity index (χ0n) is 9.18. The van der Waals surface area contributed by atoms with Crippen molar-refractivity contribution in [1.29, 1.82) is 0 Å².